The lowest BCUT2D eigenvalue weighted by Crippen LogP contribution is -2.11. The predicted molar refractivity (Wildman–Crippen MR) is 78.0 cm³/mol. The van der Waals surface area contributed by atoms with Crippen molar-refractivity contribution >= 4 is 29.2 Å². The molecule has 0 fully saturated rings. The molecule has 0 atom stereocenters. The fraction of sp³-hybridized carbons (Fsp3) is 0. The SMILES string of the molecule is NC(=O)c1ccc(OC(=O)c2ccc(Cl)c([N+](=O)[O-])c2)cc1. The molecule has 2 N–H and O–H groups in total. The quantitative estimate of drug-likeness (QED) is 0.402. The van der Waals surface area contributed by atoms with E-state index in [9.17, 15) is 19.7 Å². The number of carbonyl (C=O) groups is 2. The number of esters is 1. The average molecular weight is 321 g/mol. The lowest BCUT2D eigenvalue weighted by Gasteiger charge is -2.05. The topological polar surface area (TPSA) is 113 Å². The van der Waals surface area contributed by atoms with Crippen LogP contribution >= 0.6 is 11.6 Å². The summed E-state index contributed by atoms with van der Waals surface area (Å²) >= 11 is 5.67. The molecule has 0 heterocycles. The van der Waals surface area contributed by atoms with Crippen LogP contribution in [0.15, 0.2) is 42.5 Å². The number of nitrogens with two attached hydrogens (primary N) is 1. The maximum Gasteiger partial charge on any atom is 0.343 e. The number of ether oxygens (including phenoxy) is 1. The Labute approximate surface area is 129 Å². The number of nitro benzene ring substituents is 1. The van der Waals surface area contributed by atoms with Crippen LogP contribution < -0.4 is 10.5 Å². The number of rotatable bonds is 4. The van der Waals surface area contributed by atoms with E-state index < -0.39 is 16.8 Å². The van der Waals surface area contributed by atoms with E-state index >= 15 is 0 Å². The van der Waals surface area contributed by atoms with Crippen molar-refractivity contribution in [1.82, 2.24) is 0 Å². The molecule has 1 amide bonds. The number of benzene rings is 2. The molecule has 112 valence electrons. The van der Waals surface area contributed by atoms with E-state index in [2.05, 4.69) is 0 Å². The molecule has 0 bridgehead atoms. The minimum Gasteiger partial charge on any atom is -0.423 e. The van der Waals surface area contributed by atoms with Gasteiger partial charge < -0.3 is 10.5 Å². The molecule has 7 nitrogen and oxygen atoms in total. The summed E-state index contributed by atoms with van der Waals surface area (Å²) in [5.74, 6) is -1.22. The van der Waals surface area contributed by atoms with Gasteiger partial charge in [0.05, 0.1) is 10.5 Å². The summed E-state index contributed by atoms with van der Waals surface area (Å²) in [6, 6.07) is 9.17. The maximum atomic E-state index is 11.9. The molecular formula is C14H9ClN2O5. The fourth-order valence-electron chi connectivity index (χ4n) is 1.63. The lowest BCUT2D eigenvalue weighted by atomic mass is 10.2. The summed E-state index contributed by atoms with van der Waals surface area (Å²) in [6.45, 7) is 0. The van der Waals surface area contributed by atoms with Crippen molar-refractivity contribution in [3.63, 3.8) is 0 Å². The summed E-state index contributed by atoms with van der Waals surface area (Å²) in [5.41, 5.74) is 4.95. The zero-order valence-electron chi connectivity index (χ0n) is 11.0. The Bertz CT molecular complexity index is 758. The first kappa shape index (κ1) is 15.5. The number of nitrogens with zero attached hydrogens (tertiary/aromatic N) is 1. The van der Waals surface area contributed by atoms with Gasteiger partial charge in [-0.2, -0.15) is 0 Å². The third-order valence-corrected chi connectivity index (χ3v) is 3.05. The summed E-state index contributed by atoms with van der Waals surface area (Å²) in [5, 5.41) is 10.7. The number of carbonyl (C=O) groups excluding carboxylic acids is 2. The molecule has 0 aliphatic heterocycles. The van der Waals surface area contributed by atoms with Crippen LogP contribution in [0.5, 0.6) is 5.75 Å². The second-order valence-electron chi connectivity index (χ2n) is 4.20. The average Bonchev–Trinajstić information content (AvgIpc) is 2.47. The van der Waals surface area contributed by atoms with E-state index in [1.807, 2.05) is 0 Å². The number of hydrogen-bond acceptors (Lipinski definition) is 5. The molecular weight excluding hydrogens is 312 g/mol. The van der Waals surface area contributed by atoms with Gasteiger partial charge in [0, 0.05) is 11.6 Å². The molecule has 0 saturated heterocycles. The van der Waals surface area contributed by atoms with Gasteiger partial charge in [0.25, 0.3) is 5.69 Å². The van der Waals surface area contributed by atoms with Gasteiger partial charge in [-0.15, -0.1) is 0 Å². The van der Waals surface area contributed by atoms with Gasteiger partial charge in [-0.1, -0.05) is 11.6 Å². The van der Waals surface area contributed by atoms with Crippen molar-refractivity contribution in [3.8, 4) is 5.75 Å². The molecule has 0 unspecified atom stereocenters. The van der Waals surface area contributed by atoms with Crippen molar-refractivity contribution in [2.24, 2.45) is 5.73 Å². The van der Waals surface area contributed by atoms with Gasteiger partial charge in [-0.25, -0.2) is 4.79 Å². The van der Waals surface area contributed by atoms with E-state index in [1.54, 1.807) is 0 Å². The standard InChI is InChI=1S/C14H9ClN2O5/c15-11-6-3-9(7-12(11)17(20)21)14(19)22-10-4-1-8(2-5-10)13(16)18/h1-7H,(H2,16,18). The number of nitro groups is 1. The minimum atomic E-state index is -0.786. The van der Waals surface area contributed by atoms with Gasteiger partial charge >= 0.3 is 5.97 Å². The Morgan fingerprint density at radius 2 is 1.68 bits per heavy atom. The third kappa shape index (κ3) is 3.39. The third-order valence-electron chi connectivity index (χ3n) is 2.73. The van der Waals surface area contributed by atoms with Gasteiger partial charge in [-0.05, 0) is 36.4 Å². The molecule has 0 aromatic heterocycles. The highest BCUT2D eigenvalue weighted by molar-refractivity contribution is 6.32. The monoisotopic (exact) mass is 320 g/mol. The van der Waals surface area contributed by atoms with E-state index in [0.29, 0.717) is 0 Å². The van der Waals surface area contributed by atoms with Crippen molar-refractivity contribution in [2.45, 2.75) is 0 Å². The Morgan fingerprint density at radius 1 is 1.09 bits per heavy atom. The zero-order valence-corrected chi connectivity index (χ0v) is 11.7. The van der Waals surface area contributed by atoms with E-state index in [1.165, 1.54) is 36.4 Å². The van der Waals surface area contributed by atoms with Crippen molar-refractivity contribution in [1.29, 1.82) is 0 Å². The molecule has 2 aromatic rings. The van der Waals surface area contributed by atoms with Crippen LogP contribution in [0.4, 0.5) is 5.69 Å². The van der Waals surface area contributed by atoms with Crippen LogP contribution in [0, 0.1) is 10.1 Å². The van der Waals surface area contributed by atoms with E-state index in [4.69, 9.17) is 22.1 Å². The van der Waals surface area contributed by atoms with Gasteiger partial charge in [0.1, 0.15) is 10.8 Å². The zero-order chi connectivity index (χ0) is 16.3. The van der Waals surface area contributed by atoms with Gasteiger partial charge in [0.2, 0.25) is 5.91 Å². The molecule has 2 rings (SSSR count). The number of halogens is 1. The van der Waals surface area contributed by atoms with Crippen LogP contribution in [0.1, 0.15) is 20.7 Å². The largest absolute Gasteiger partial charge is 0.423 e. The minimum absolute atomic E-state index is 0.0184. The second kappa shape index (κ2) is 6.23. The summed E-state index contributed by atoms with van der Waals surface area (Å²) in [6.07, 6.45) is 0. The highest BCUT2D eigenvalue weighted by atomic mass is 35.5. The molecule has 0 aliphatic rings. The van der Waals surface area contributed by atoms with Gasteiger partial charge in [-0.3, -0.25) is 14.9 Å². The maximum absolute atomic E-state index is 11.9. The van der Waals surface area contributed by atoms with Crippen molar-refractivity contribution in [3.05, 3.63) is 68.7 Å². The van der Waals surface area contributed by atoms with E-state index in [0.717, 1.165) is 6.07 Å². The number of amides is 1. The van der Waals surface area contributed by atoms with Gasteiger partial charge in [0.15, 0.2) is 0 Å². The first-order valence-electron chi connectivity index (χ1n) is 5.94. The molecule has 2 aromatic carbocycles. The Morgan fingerprint density at radius 3 is 2.23 bits per heavy atom. The summed E-state index contributed by atoms with van der Waals surface area (Å²) in [4.78, 5) is 33.0. The second-order valence-corrected chi connectivity index (χ2v) is 4.61. The summed E-state index contributed by atoms with van der Waals surface area (Å²) in [7, 11) is 0. The van der Waals surface area contributed by atoms with Crippen LogP contribution in [0.2, 0.25) is 5.02 Å². The smallest absolute Gasteiger partial charge is 0.343 e. The Hall–Kier alpha value is -2.93. The normalized spacial score (nSPS) is 10.0. The number of hydrogen-bond donors (Lipinski definition) is 1. The van der Waals surface area contributed by atoms with E-state index in [-0.39, 0.29) is 27.6 Å². The Balaban J connectivity index is 2.20. The lowest BCUT2D eigenvalue weighted by molar-refractivity contribution is -0.384. The van der Waals surface area contributed by atoms with Crippen LogP contribution in [0.25, 0.3) is 0 Å². The molecule has 0 spiro atoms. The predicted octanol–water partition coefficient (Wildman–Crippen LogP) is 2.57. The fourth-order valence-corrected chi connectivity index (χ4v) is 1.82. The van der Waals surface area contributed by atoms with Crippen LogP contribution in [-0.2, 0) is 0 Å². The first-order chi connectivity index (χ1) is 10.4. The van der Waals surface area contributed by atoms with Crippen LogP contribution in [0.3, 0.4) is 0 Å². The first-order valence-corrected chi connectivity index (χ1v) is 6.32. The summed E-state index contributed by atoms with van der Waals surface area (Å²) < 4.78 is 5.05. The Kier molecular flexibility index (Phi) is 4.38. The molecule has 8 heteroatoms. The highest BCUT2D eigenvalue weighted by Gasteiger charge is 2.17. The number of primary amides is 1. The molecule has 0 aliphatic carbocycles. The molecule has 0 radical (unpaired) electrons. The van der Waals surface area contributed by atoms with Crippen molar-refractivity contribution in [2.75, 3.05) is 0 Å². The van der Waals surface area contributed by atoms with Crippen molar-refractivity contribution < 1.29 is 19.2 Å². The molecule has 22 heavy (non-hydrogen) atoms. The van der Waals surface area contributed by atoms with Crippen LogP contribution in [-0.4, -0.2) is 16.8 Å². The molecule has 0 saturated carbocycles. The highest BCUT2D eigenvalue weighted by Crippen LogP contribution is 2.25.